The zero-order valence-corrected chi connectivity index (χ0v) is 16.1. The molecule has 0 N–H and O–H groups in total. The monoisotopic (exact) mass is 388 g/mol. The fraction of sp³-hybridized carbons (Fsp3) is 0.130. The molecule has 5 heteroatoms. The lowest BCUT2D eigenvalue weighted by molar-refractivity contribution is -0.129. The van der Waals surface area contributed by atoms with Gasteiger partial charge in [0.2, 0.25) is 5.91 Å². The van der Waals surface area contributed by atoms with E-state index in [0.717, 1.165) is 27.2 Å². The molecule has 4 nitrogen and oxygen atoms in total. The summed E-state index contributed by atoms with van der Waals surface area (Å²) in [5.41, 5.74) is 1.94. The van der Waals surface area contributed by atoms with Crippen molar-refractivity contribution in [1.29, 1.82) is 0 Å². The number of furan rings is 1. The third-order valence-electron chi connectivity index (χ3n) is 4.40. The van der Waals surface area contributed by atoms with Crippen molar-refractivity contribution in [2.45, 2.75) is 18.0 Å². The van der Waals surface area contributed by atoms with Crippen LogP contribution < -0.4 is 0 Å². The molecule has 0 saturated heterocycles. The number of benzene rings is 2. The number of para-hydroxylation sites is 1. The van der Waals surface area contributed by atoms with Gasteiger partial charge in [0.1, 0.15) is 11.3 Å². The Morgan fingerprint density at radius 2 is 1.68 bits per heavy atom. The molecule has 140 valence electrons. The van der Waals surface area contributed by atoms with Crippen molar-refractivity contribution in [3.63, 3.8) is 0 Å². The van der Waals surface area contributed by atoms with E-state index in [1.165, 1.54) is 11.8 Å². The lowest BCUT2D eigenvalue weighted by Gasteiger charge is -2.22. The second kappa shape index (κ2) is 8.76. The second-order valence-electron chi connectivity index (χ2n) is 6.46. The summed E-state index contributed by atoms with van der Waals surface area (Å²) in [7, 11) is 0. The number of fused-ring (bicyclic) bond motifs is 1. The van der Waals surface area contributed by atoms with Crippen LogP contribution in [0.1, 0.15) is 11.3 Å². The normalized spacial score (nSPS) is 10.9. The molecule has 0 atom stereocenters. The number of hydrogen-bond donors (Lipinski definition) is 0. The Balaban J connectivity index is 1.51. The highest BCUT2D eigenvalue weighted by atomic mass is 32.2. The van der Waals surface area contributed by atoms with Gasteiger partial charge < -0.3 is 9.32 Å². The van der Waals surface area contributed by atoms with Crippen LogP contribution in [0.2, 0.25) is 0 Å². The molecular weight excluding hydrogens is 368 g/mol. The van der Waals surface area contributed by atoms with Crippen LogP contribution in [-0.2, 0) is 17.9 Å². The highest BCUT2D eigenvalue weighted by Crippen LogP contribution is 2.22. The first-order chi connectivity index (χ1) is 13.8. The molecule has 1 amide bonds. The molecule has 0 unspecified atom stereocenters. The molecule has 2 aromatic carbocycles. The maximum Gasteiger partial charge on any atom is 0.233 e. The number of hydrogen-bond acceptors (Lipinski definition) is 4. The first kappa shape index (κ1) is 18.3. The Morgan fingerprint density at radius 3 is 2.46 bits per heavy atom. The first-order valence-electron chi connectivity index (χ1n) is 9.10. The van der Waals surface area contributed by atoms with Crippen molar-refractivity contribution in [2.24, 2.45) is 0 Å². The molecule has 4 rings (SSSR count). The molecule has 0 bridgehead atoms. The Bertz CT molecular complexity index is 1010. The van der Waals surface area contributed by atoms with Gasteiger partial charge in [0.25, 0.3) is 0 Å². The van der Waals surface area contributed by atoms with Gasteiger partial charge in [0.05, 0.1) is 12.3 Å². The molecule has 4 aromatic rings. The van der Waals surface area contributed by atoms with Crippen LogP contribution >= 0.6 is 11.8 Å². The van der Waals surface area contributed by atoms with E-state index in [-0.39, 0.29) is 5.91 Å². The minimum absolute atomic E-state index is 0.0751. The molecule has 0 aliphatic carbocycles. The number of carbonyl (C=O) groups is 1. The topological polar surface area (TPSA) is 46.3 Å². The molecule has 28 heavy (non-hydrogen) atoms. The van der Waals surface area contributed by atoms with Crippen LogP contribution in [0.15, 0.2) is 94.5 Å². The Labute approximate surface area is 168 Å². The summed E-state index contributed by atoms with van der Waals surface area (Å²) in [5, 5.41) is 1.05. The molecule has 0 aliphatic rings. The molecular formula is C23H20N2O2S. The van der Waals surface area contributed by atoms with Crippen LogP contribution in [0.5, 0.6) is 0 Å². The maximum absolute atomic E-state index is 13.0. The van der Waals surface area contributed by atoms with Gasteiger partial charge in [0, 0.05) is 29.2 Å². The molecule has 2 heterocycles. The maximum atomic E-state index is 13.0. The average molecular weight is 388 g/mol. The van der Waals surface area contributed by atoms with E-state index in [0.29, 0.717) is 18.8 Å². The number of rotatable bonds is 7. The van der Waals surface area contributed by atoms with E-state index >= 15 is 0 Å². The summed E-state index contributed by atoms with van der Waals surface area (Å²) >= 11 is 1.52. The van der Waals surface area contributed by atoms with Crippen LogP contribution in [0.3, 0.4) is 0 Å². The highest BCUT2D eigenvalue weighted by Gasteiger charge is 2.17. The van der Waals surface area contributed by atoms with E-state index in [4.69, 9.17) is 4.42 Å². The molecule has 0 spiro atoms. The molecule has 0 fully saturated rings. The van der Waals surface area contributed by atoms with E-state index in [1.807, 2.05) is 77.7 Å². The predicted octanol–water partition coefficient (Wildman–Crippen LogP) is 5.15. The van der Waals surface area contributed by atoms with Crippen LogP contribution in [0.25, 0.3) is 11.0 Å². The van der Waals surface area contributed by atoms with Gasteiger partial charge in [-0.15, -0.1) is 11.8 Å². The summed E-state index contributed by atoms with van der Waals surface area (Å²) in [6.45, 7) is 0.993. The van der Waals surface area contributed by atoms with Gasteiger partial charge in [-0.1, -0.05) is 48.5 Å². The molecule has 0 aliphatic heterocycles. The van der Waals surface area contributed by atoms with Gasteiger partial charge in [0.15, 0.2) is 0 Å². The van der Waals surface area contributed by atoms with Crippen LogP contribution in [0, 0.1) is 0 Å². The summed E-state index contributed by atoms with van der Waals surface area (Å²) in [4.78, 5) is 19.9. The highest BCUT2D eigenvalue weighted by molar-refractivity contribution is 8.00. The van der Waals surface area contributed by atoms with Crippen molar-refractivity contribution in [3.8, 4) is 0 Å². The lowest BCUT2D eigenvalue weighted by Crippen LogP contribution is -2.31. The predicted molar refractivity (Wildman–Crippen MR) is 112 cm³/mol. The Kier molecular flexibility index (Phi) is 5.73. The quantitative estimate of drug-likeness (QED) is 0.411. The van der Waals surface area contributed by atoms with E-state index in [9.17, 15) is 4.79 Å². The lowest BCUT2D eigenvalue weighted by atomic mass is 10.2. The van der Waals surface area contributed by atoms with Crippen molar-refractivity contribution < 1.29 is 9.21 Å². The second-order valence-corrected chi connectivity index (χ2v) is 7.51. The zero-order valence-electron chi connectivity index (χ0n) is 15.3. The van der Waals surface area contributed by atoms with Crippen LogP contribution in [-0.4, -0.2) is 21.5 Å². The van der Waals surface area contributed by atoms with E-state index < -0.39 is 0 Å². The van der Waals surface area contributed by atoms with Gasteiger partial charge in [-0.3, -0.25) is 9.78 Å². The van der Waals surface area contributed by atoms with Gasteiger partial charge >= 0.3 is 0 Å². The van der Waals surface area contributed by atoms with Gasteiger partial charge in [-0.25, -0.2) is 0 Å². The standard InChI is InChI=1S/C23H20N2O2S/c26-23(17-28-21-10-12-24-13-11-21)25(15-18-6-2-1-3-7-18)16-20-14-19-8-4-5-9-22(19)27-20/h1-14H,15-17H2. The summed E-state index contributed by atoms with van der Waals surface area (Å²) in [6.07, 6.45) is 3.48. The zero-order chi connectivity index (χ0) is 19.2. The van der Waals surface area contributed by atoms with Crippen molar-refractivity contribution in [1.82, 2.24) is 9.88 Å². The van der Waals surface area contributed by atoms with Crippen molar-refractivity contribution in [2.75, 3.05) is 5.75 Å². The number of thioether (sulfide) groups is 1. The molecule has 2 aromatic heterocycles. The number of pyridine rings is 1. The van der Waals surface area contributed by atoms with E-state index in [2.05, 4.69) is 4.98 Å². The fourth-order valence-corrected chi connectivity index (χ4v) is 3.80. The van der Waals surface area contributed by atoms with Crippen LogP contribution in [0.4, 0.5) is 0 Å². The van der Waals surface area contributed by atoms with E-state index in [1.54, 1.807) is 12.4 Å². The number of carbonyl (C=O) groups excluding carboxylic acids is 1. The summed E-state index contributed by atoms with van der Waals surface area (Å²) in [5.74, 6) is 1.24. The Morgan fingerprint density at radius 1 is 0.929 bits per heavy atom. The SMILES string of the molecule is O=C(CSc1ccncc1)N(Cc1ccccc1)Cc1cc2ccccc2o1. The average Bonchev–Trinajstić information content (AvgIpc) is 3.15. The number of amides is 1. The van der Waals surface area contributed by atoms with Gasteiger partial charge in [-0.2, -0.15) is 0 Å². The fourth-order valence-electron chi connectivity index (χ4n) is 3.01. The summed E-state index contributed by atoms with van der Waals surface area (Å²) in [6, 6.07) is 23.8. The largest absolute Gasteiger partial charge is 0.459 e. The van der Waals surface area contributed by atoms with Crippen molar-refractivity contribution >= 4 is 28.6 Å². The minimum Gasteiger partial charge on any atom is -0.459 e. The Hall–Kier alpha value is -3.05. The third kappa shape index (κ3) is 4.61. The number of aromatic nitrogens is 1. The minimum atomic E-state index is 0.0751. The molecule has 0 saturated carbocycles. The number of nitrogens with zero attached hydrogens (tertiary/aromatic N) is 2. The molecule has 0 radical (unpaired) electrons. The summed E-state index contributed by atoms with van der Waals surface area (Å²) < 4.78 is 5.94. The van der Waals surface area contributed by atoms with Crippen molar-refractivity contribution in [3.05, 3.63) is 96.5 Å². The third-order valence-corrected chi connectivity index (χ3v) is 5.40. The smallest absolute Gasteiger partial charge is 0.233 e. The first-order valence-corrected chi connectivity index (χ1v) is 10.1. The van der Waals surface area contributed by atoms with Gasteiger partial charge in [-0.05, 0) is 29.8 Å².